The number of imidazole rings is 1. The van der Waals surface area contributed by atoms with Gasteiger partial charge in [-0.15, -0.1) is 0 Å². The van der Waals surface area contributed by atoms with Crippen LogP contribution in [0.3, 0.4) is 0 Å². The van der Waals surface area contributed by atoms with E-state index in [1.165, 1.54) is 12.8 Å². The van der Waals surface area contributed by atoms with Crippen LogP contribution in [0.5, 0.6) is 0 Å². The smallest absolute Gasteiger partial charge is 0.163 e. The molecule has 0 aromatic carbocycles. The molecule has 1 aliphatic heterocycles. The van der Waals surface area contributed by atoms with E-state index in [1.54, 1.807) is 0 Å². The van der Waals surface area contributed by atoms with Gasteiger partial charge in [0, 0.05) is 30.1 Å². The molecular formula is C26H38N8. The van der Waals surface area contributed by atoms with E-state index >= 15 is 0 Å². The van der Waals surface area contributed by atoms with Crippen LogP contribution in [0.25, 0.3) is 17.4 Å². The standard InChI is InChI=1S/C26H38N8/c1-6-8-24-31-21(17-33(24)19(5)7-2)15-29-25-13-23(28-14-20-9-11-27-12-10-20)32-26-22(18(3)4)16-30-34(25)26/h6-8,13,16-18,20,27,29H,9-12,14-15H2,1-5H3,(H,28,32)/b8-6+,19-7-. The Balaban J connectivity index is 1.59. The molecule has 0 bridgehead atoms. The summed E-state index contributed by atoms with van der Waals surface area (Å²) in [5.41, 5.74) is 4.17. The Morgan fingerprint density at radius 3 is 2.71 bits per heavy atom. The first-order valence-electron chi connectivity index (χ1n) is 12.4. The van der Waals surface area contributed by atoms with Crippen molar-refractivity contribution in [3.05, 3.63) is 47.7 Å². The summed E-state index contributed by atoms with van der Waals surface area (Å²) in [5.74, 6) is 3.75. The predicted octanol–water partition coefficient (Wildman–Crippen LogP) is 4.99. The van der Waals surface area contributed by atoms with Crippen LogP contribution >= 0.6 is 0 Å². The fraction of sp³-hybridized carbons (Fsp3) is 0.500. The Morgan fingerprint density at radius 1 is 1.21 bits per heavy atom. The lowest BCUT2D eigenvalue weighted by atomic mass is 9.98. The van der Waals surface area contributed by atoms with Crippen molar-refractivity contribution in [1.82, 2.24) is 29.5 Å². The number of piperidine rings is 1. The van der Waals surface area contributed by atoms with E-state index in [1.807, 2.05) is 36.7 Å². The maximum atomic E-state index is 4.93. The minimum absolute atomic E-state index is 0.348. The summed E-state index contributed by atoms with van der Waals surface area (Å²) >= 11 is 0. The molecule has 0 radical (unpaired) electrons. The number of fused-ring (bicyclic) bond motifs is 1. The molecule has 0 aliphatic carbocycles. The van der Waals surface area contributed by atoms with Crippen molar-refractivity contribution >= 4 is 29.1 Å². The van der Waals surface area contributed by atoms with Gasteiger partial charge in [0.25, 0.3) is 0 Å². The first-order chi connectivity index (χ1) is 16.5. The van der Waals surface area contributed by atoms with Crippen molar-refractivity contribution in [1.29, 1.82) is 0 Å². The van der Waals surface area contributed by atoms with Crippen molar-refractivity contribution in [2.45, 2.75) is 59.9 Å². The van der Waals surface area contributed by atoms with Crippen molar-refractivity contribution < 1.29 is 0 Å². The third-order valence-corrected chi connectivity index (χ3v) is 6.50. The monoisotopic (exact) mass is 462 g/mol. The van der Waals surface area contributed by atoms with Gasteiger partial charge in [0.05, 0.1) is 18.4 Å². The SMILES string of the molecule is C/C=C(/C)n1cc(CNc2cc(NCC3CCNCC3)nc3c(C(C)C)cnn23)nc1/C=C/C. The van der Waals surface area contributed by atoms with E-state index in [4.69, 9.17) is 9.97 Å². The van der Waals surface area contributed by atoms with E-state index in [9.17, 15) is 0 Å². The molecule has 3 N–H and O–H groups in total. The zero-order valence-corrected chi connectivity index (χ0v) is 21.1. The minimum atomic E-state index is 0.348. The summed E-state index contributed by atoms with van der Waals surface area (Å²) in [6.45, 7) is 14.2. The average molecular weight is 463 g/mol. The van der Waals surface area contributed by atoms with Gasteiger partial charge in [0.15, 0.2) is 5.65 Å². The largest absolute Gasteiger partial charge is 0.370 e. The zero-order chi connectivity index (χ0) is 24.1. The highest BCUT2D eigenvalue weighted by Crippen LogP contribution is 2.25. The Hall–Kier alpha value is -3.13. The summed E-state index contributed by atoms with van der Waals surface area (Å²) in [4.78, 5) is 9.75. The molecule has 182 valence electrons. The normalized spacial score (nSPS) is 15.6. The molecule has 8 heteroatoms. The summed E-state index contributed by atoms with van der Waals surface area (Å²) < 4.78 is 4.03. The van der Waals surface area contributed by atoms with Crippen LogP contribution in [0, 0.1) is 5.92 Å². The van der Waals surface area contributed by atoms with Crippen molar-refractivity contribution in [2.75, 3.05) is 30.3 Å². The Labute approximate surface area is 202 Å². The van der Waals surface area contributed by atoms with Crippen molar-refractivity contribution in [3.63, 3.8) is 0 Å². The van der Waals surface area contributed by atoms with Gasteiger partial charge >= 0.3 is 0 Å². The summed E-state index contributed by atoms with van der Waals surface area (Å²) in [6.07, 6.45) is 12.6. The molecule has 4 rings (SSSR count). The molecule has 0 atom stereocenters. The first kappa shape index (κ1) is 24.0. The molecular weight excluding hydrogens is 424 g/mol. The minimum Gasteiger partial charge on any atom is -0.370 e. The van der Waals surface area contributed by atoms with Crippen LogP contribution in [0.1, 0.15) is 70.5 Å². The number of anilines is 2. The Kier molecular flexibility index (Phi) is 7.67. The lowest BCUT2D eigenvalue weighted by Gasteiger charge is -2.23. The predicted molar refractivity (Wildman–Crippen MR) is 141 cm³/mol. The van der Waals surface area contributed by atoms with E-state index in [-0.39, 0.29) is 0 Å². The fourth-order valence-corrected chi connectivity index (χ4v) is 4.34. The highest BCUT2D eigenvalue weighted by Gasteiger charge is 2.17. The van der Waals surface area contributed by atoms with Crippen LogP contribution in [-0.4, -0.2) is 43.8 Å². The molecule has 0 spiro atoms. The summed E-state index contributed by atoms with van der Waals surface area (Å²) in [7, 11) is 0. The zero-order valence-electron chi connectivity index (χ0n) is 21.1. The second kappa shape index (κ2) is 10.9. The number of nitrogens with one attached hydrogen (secondary N) is 3. The van der Waals surface area contributed by atoms with E-state index in [2.05, 4.69) is 64.7 Å². The molecule has 4 heterocycles. The molecule has 1 aliphatic rings. The third-order valence-electron chi connectivity index (χ3n) is 6.50. The van der Waals surface area contributed by atoms with Crippen molar-refractivity contribution in [2.24, 2.45) is 5.92 Å². The Morgan fingerprint density at radius 2 is 2.00 bits per heavy atom. The molecule has 0 amide bonds. The molecule has 34 heavy (non-hydrogen) atoms. The maximum absolute atomic E-state index is 4.93. The van der Waals surface area contributed by atoms with Gasteiger partial charge < -0.3 is 20.5 Å². The molecule has 0 saturated carbocycles. The van der Waals surface area contributed by atoms with Gasteiger partial charge in [-0.05, 0) is 64.6 Å². The molecule has 1 fully saturated rings. The van der Waals surface area contributed by atoms with Gasteiger partial charge in [-0.2, -0.15) is 9.61 Å². The molecule has 1 saturated heterocycles. The lowest BCUT2D eigenvalue weighted by molar-refractivity contribution is 0.389. The second-order valence-corrected chi connectivity index (χ2v) is 9.33. The van der Waals surface area contributed by atoms with Crippen LogP contribution in [-0.2, 0) is 6.54 Å². The molecule has 8 nitrogen and oxygen atoms in total. The number of hydrogen-bond acceptors (Lipinski definition) is 6. The van der Waals surface area contributed by atoms with Gasteiger partial charge in [0.1, 0.15) is 17.5 Å². The Bertz CT molecular complexity index is 1160. The topological polar surface area (TPSA) is 84.1 Å². The number of nitrogens with zero attached hydrogens (tertiary/aromatic N) is 5. The second-order valence-electron chi connectivity index (χ2n) is 9.33. The van der Waals surface area contributed by atoms with E-state index in [0.29, 0.717) is 18.4 Å². The highest BCUT2D eigenvalue weighted by atomic mass is 15.3. The number of aromatic nitrogens is 5. The van der Waals surface area contributed by atoms with Crippen LogP contribution in [0.2, 0.25) is 0 Å². The highest BCUT2D eigenvalue weighted by molar-refractivity contribution is 5.61. The maximum Gasteiger partial charge on any atom is 0.163 e. The fourth-order valence-electron chi connectivity index (χ4n) is 4.34. The molecule has 3 aromatic rings. The average Bonchev–Trinajstić information content (AvgIpc) is 3.46. The lowest BCUT2D eigenvalue weighted by Crippen LogP contribution is -2.31. The number of allylic oxidation sites excluding steroid dienone is 3. The first-order valence-corrected chi connectivity index (χ1v) is 12.4. The van der Waals surface area contributed by atoms with E-state index < -0.39 is 0 Å². The van der Waals surface area contributed by atoms with Crippen LogP contribution in [0.4, 0.5) is 11.6 Å². The molecule has 0 unspecified atom stereocenters. The van der Waals surface area contributed by atoms with Gasteiger partial charge in [-0.25, -0.2) is 9.97 Å². The van der Waals surface area contributed by atoms with Gasteiger partial charge in [0.2, 0.25) is 0 Å². The van der Waals surface area contributed by atoms with E-state index in [0.717, 1.165) is 59.7 Å². The summed E-state index contributed by atoms with van der Waals surface area (Å²) in [5, 5.41) is 15.2. The van der Waals surface area contributed by atoms with Crippen LogP contribution < -0.4 is 16.0 Å². The quantitative estimate of drug-likeness (QED) is 0.416. The van der Waals surface area contributed by atoms with Gasteiger partial charge in [-0.1, -0.05) is 26.0 Å². The van der Waals surface area contributed by atoms with Crippen LogP contribution in [0.15, 0.2) is 30.6 Å². The molecule has 3 aromatic heterocycles. The van der Waals surface area contributed by atoms with Gasteiger partial charge in [-0.3, -0.25) is 0 Å². The number of hydrogen-bond donors (Lipinski definition) is 3. The number of rotatable bonds is 9. The summed E-state index contributed by atoms with van der Waals surface area (Å²) in [6, 6.07) is 2.06. The third kappa shape index (κ3) is 5.33. The van der Waals surface area contributed by atoms with Crippen molar-refractivity contribution in [3.8, 4) is 0 Å².